The Morgan fingerprint density at radius 1 is 1.40 bits per heavy atom. The van der Waals surface area contributed by atoms with Crippen molar-refractivity contribution in [3.63, 3.8) is 0 Å². The molecule has 0 saturated heterocycles. The summed E-state index contributed by atoms with van der Waals surface area (Å²) < 4.78 is 1.46. The first-order valence-corrected chi connectivity index (χ1v) is 6.22. The van der Waals surface area contributed by atoms with Gasteiger partial charge >= 0.3 is 0 Å². The fraction of sp³-hybridized carbons (Fsp3) is 0.231. The van der Waals surface area contributed by atoms with Crippen molar-refractivity contribution in [1.29, 1.82) is 0 Å². The molecule has 1 aromatic carbocycles. The summed E-state index contributed by atoms with van der Waals surface area (Å²) in [5.41, 5.74) is 0.700. The largest absolute Gasteiger partial charge is 0.326 e. The van der Waals surface area contributed by atoms with Crippen LogP contribution in [0.4, 0.5) is 11.6 Å². The molecule has 0 bridgehead atoms. The lowest BCUT2D eigenvalue weighted by atomic mass is 10.2. The molecule has 102 valence electrons. The van der Waals surface area contributed by atoms with E-state index in [4.69, 9.17) is 0 Å². The Bertz CT molecular complexity index is 665. The monoisotopic (exact) mass is 271 g/mol. The molecule has 7 heteroatoms. The number of amides is 2. The number of carbonyl (C=O) groups is 2. The van der Waals surface area contributed by atoms with Crippen LogP contribution in [-0.2, 0) is 9.59 Å². The zero-order chi connectivity index (χ0) is 14.1. The van der Waals surface area contributed by atoms with Crippen LogP contribution in [0.15, 0.2) is 30.3 Å². The van der Waals surface area contributed by atoms with Gasteiger partial charge in [-0.25, -0.2) is 4.68 Å². The number of fused-ring (bicyclic) bond motifs is 1. The first-order valence-electron chi connectivity index (χ1n) is 6.22. The average Bonchev–Trinajstić information content (AvgIpc) is 2.89. The van der Waals surface area contributed by atoms with Gasteiger partial charge in [-0.15, -0.1) is 0 Å². The normalized spacial score (nSPS) is 16.6. The first kappa shape index (κ1) is 12.3. The van der Waals surface area contributed by atoms with E-state index in [-0.39, 0.29) is 18.2 Å². The van der Waals surface area contributed by atoms with Gasteiger partial charge in [0, 0.05) is 5.69 Å². The smallest absolute Gasteiger partial charge is 0.252 e. The number of para-hydroxylation sites is 1. The Balaban J connectivity index is 1.71. The van der Waals surface area contributed by atoms with Gasteiger partial charge in [0.15, 0.2) is 0 Å². The van der Waals surface area contributed by atoms with Crippen molar-refractivity contribution in [3.8, 4) is 0 Å². The van der Waals surface area contributed by atoms with E-state index in [2.05, 4.69) is 20.7 Å². The molecule has 0 spiro atoms. The van der Waals surface area contributed by atoms with Crippen molar-refractivity contribution < 1.29 is 9.59 Å². The molecule has 2 N–H and O–H groups in total. The first-order chi connectivity index (χ1) is 9.63. The van der Waals surface area contributed by atoms with Crippen molar-refractivity contribution >= 4 is 23.5 Å². The summed E-state index contributed by atoms with van der Waals surface area (Å²) in [6.45, 7) is 1.73. The number of rotatable bonds is 3. The molecular formula is C13H13N5O2. The fourth-order valence-electron chi connectivity index (χ4n) is 2.13. The quantitative estimate of drug-likeness (QED) is 0.875. The second kappa shape index (κ2) is 4.76. The summed E-state index contributed by atoms with van der Waals surface area (Å²) in [7, 11) is 0. The van der Waals surface area contributed by atoms with E-state index in [1.807, 2.05) is 18.2 Å². The lowest BCUT2D eigenvalue weighted by Gasteiger charge is -2.09. The Hall–Kier alpha value is -2.70. The number of aromatic nitrogens is 3. The standard InChI is InChI=1S/C13H13N5O2/c1-8-14-13-16-12(20)10(18(13)17-8)7-11(19)15-9-5-3-2-4-6-9/h2-6,10H,7H2,1H3,(H,15,19)(H,14,16,17,20)/t10-/m1/s1. The van der Waals surface area contributed by atoms with Crippen LogP contribution in [0, 0.1) is 6.92 Å². The summed E-state index contributed by atoms with van der Waals surface area (Å²) in [5.74, 6) is 0.457. The molecule has 2 heterocycles. The minimum absolute atomic E-state index is 0.0243. The van der Waals surface area contributed by atoms with Gasteiger partial charge in [0.05, 0.1) is 6.42 Å². The molecule has 2 aromatic rings. The maximum atomic E-state index is 12.0. The van der Waals surface area contributed by atoms with Gasteiger partial charge in [0.1, 0.15) is 11.9 Å². The Kier molecular flexibility index (Phi) is 2.94. The van der Waals surface area contributed by atoms with Gasteiger partial charge < -0.3 is 5.32 Å². The van der Waals surface area contributed by atoms with Crippen LogP contribution >= 0.6 is 0 Å². The number of benzene rings is 1. The van der Waals surface area contributed by atoms with Gasteiger partial charge in [0.2, 0.25) is 11.9 Å². The predicted octanol–water partition coefficient (Wildman–Crippen LogP) is 1.11. The number of nitrogens with one attached hydrogen (secondary N) is 2. The van der Waals surface area contributed by atoms with Gasteiger partial charge in [-0.3, -0.25) is 14.9 Å². The van der Waals surface area contributed by atoms with E-state index in [1.165, 1.54) is 4.68 Å². The molecule has 1 aromatic heterocycles. The van der Waals surface area contributed by atoms with Crippen LogP contribution in [-0.4, -0.2) is 26.6 Å². The summed E-state index contributed by atoms with van der Waals surface area (Å²) in [4.78, 5) is 27.8. The summed E-state index contributed by atoms with van der Waals surface area (Å²) in [5, 5.41) is 9.48. The predicted molar refractivity (Wildman–Crippen MR) is 72.1 cm³/mol. The highest BCUT2D eigenvalue weighted by Gasteiger charge is 2.34. The van der Waals surface area contributed by atoms with Crippen molar-refractivity contribution in [1.82, 2.24) is 14.8 Å². The Morgan fingerprint density at radius 3 is 2.90 bits per heavy atom. The lowest BCUT2D eigenvalue weighted by molar-refractivity contribution is -0.123. The van der Waals surface area contributed by atoms with Crippen LogP contribution in [0.5, 0.6) is 0 Å². The summed E-state index contributed by atoms with van der Waals surface area (Å²) in [6.07, 6.45) is 0.0243. The molecule has 1 aliphatic heterocycles. The van der Waals surface area contributed by atoms with Crippen LogP contribution in [0.25, 0.3) is 0 Å². The molecule has 0 aliphatic carbocycles. The van der Waals surface area contributed by atoms with Gasteiger partial charge in [0.25, 0.3) is 5.91 Å². The van der Waals surface area contributed by atoms with E-state index in [0.29, 0.717) is 17.5 Å². The van der Waals surface area contributed by atoms with Gasteiger partial charge in [-0.1, -0.05) is 18.2 Å². The maximum absolute atomic E-state index is 12.0. The molecule has 20 heavy (non-hydrogen) atoms. The number of anilines is 2. The van der Waals surface area contributed by atoms with Gasteiger partial charge in [-0.2, -0.15) is 10.1 Å². The number of hydrogen-bond donors (Lipinski definition) is 2. The zero-order valence-electron chi connectivity index (χ0n) is 10.8. The highest BCUT2D eigenvalue weighted by Crippen LogP contribution is 2.25. The molecule has 3 rings (SSSR count). The van der Waals surface area contributed by atoms with Crippen LogP contribution < -0.4 is 10.6 Å². The molecule has 1 atom stereocenters. The third kappa shape index (κ3) is 2.25. The number of carbonyl (C=O) groups excluding carboxylic acids is 2. The molecule has 7 nitrogen and oxygen atoms in total. The van der Waals surface area contributed by atoms with Gasteiger partial charge in [-0.05, 0) is 19.1 Å². The highest BCUT2D eigenvalue weighted by molar-refractivity contribution is 6.00. The number of nitrogens with zero attached hydrogens (tertiary/aromatic N) is 3. The number of hydrogen-bond acceptors (Lipinski definition) is 4. The van der Waals surface area contributed by atoms with E-state index >= 15 is 0 Å². The lowest BCUT2D eigenvalue weighted by Crippen LogP contribution is -2.23. The minimum atomic E-state index is -0.644. The average molecular weight is 271 g/mol. The van der Waals surface area contributed by atoms with E-state index < -0.39 is 6.04 Å². The SMILES string of the molecule is Cc1nc2n(n1)[C@H](CC(=O)Nc1ccccc1)C(=O)N2. The third-order valence-electron chi connectivity index (χ3n) is 3.01. The second-order valence-electron chi connectivity index (χ2n) is 4.55. The molecular weight excluding hydrogens is 258 g/mol. The van der Waals surface area contributed by atoms with Crippen molar-refractivity contribution in [3.05, 3.63) is 36.2 Å². The van der Waals surface area contributed by atoms with Crippen molar-refractivity contribution in [2.24, 2.45) is 0 Å². The van der Waals surface area contributed by atoms with E-state index in [0.717, 1.165) is 0 Å². The Labute approximate surface area is 115 Å². The van der Waals surface area contributed by atoms with Crippen molar-refractivity contribution in [2.45, 2.75) is 19.4 Å². The second-order valence-corrected chi connectivity index (χ2v) is 4.55. The molecule has 0 unspecified atom stereocenters. The fourth-order valence-corrected chi connectivity index (χ4v) is 2.13. The number of aryl methyl sites for hydroxylation is 1. The van der Waals surface area contributed by atoms with Crippen LogP contribution in [0.3, 0.4) is 0 Å². The van der Waals surface area contributed by atoms with Crippen LogP contribution in [0.1, 0.15) is 18.3 Å². The topological polar surface area (TPSA) is 88.9 Å². The minimum Gasteiger partial charge on any atom is -0.326 e. The molecule has 0 fully saturated rings. The highest BCUT2D eigenvalue weighted by atomic mass is 16.2. The maximum Gasteiger partial charge on any atom is 0.252 e. The van der Waals surface area contributed by atoms with Crippen molar-refractivity contribution in [2.75, 3.05) is 10.6 Å². The van der Waals surface area contributed by atoms with E-state index in [1.54, 1.807) is 19.1 Å². The van der Waals surface area contributed by atoms with Crippen LogP contribution in [0.2, 0.25) is 0 Å². The summed E-state index contributed by atoms with van der Waals surface area (Å²) >= 11 is 0. The molecule has 0 saturated carbocycles. The summed E-state index contributed by atoms with van der Waals surface area (Å²) in [6, 6.07) is 8.46. The molecule has 0 radical (unpaired) electrons. The zero-order valence-corrected chi connectivity index (χ0v) is 10.8. The van der Waals surface area contributed by atoms with E-state index in [9.17, 15) is 9.59 Å². The Morgan fingerprint density at radius 2 is 2.15 bits per heavy atom. The molecule has 2 amide bonds. The third-order valence-corrected chi connectivity index (χ3v) is 3.01. The molecule has 1 aliphatic rings.